The third-order valence-corrected chi connectivity index (χ3v) is 4.71. The predicted octanol–water partition coefficient (Wildman–Crippen LogP) is 2.89. The van der Waals surface area contributed by atoms with E-state index in [1.165, 1.54) is 24.3 Å². The molecule has 0 saturated heterocycles. The number of nitrogens with zero attached hydrogens (tertiary/aromatic N) is 1. The zero-order valence-electron chi connectivity index (χ0n) is 10.5. The standard InChI is InChI=1S/C13H10F2N2O2S2/c14-13(15,12(20)17-10-6-2-1-3-7-10)21(18,19)11-8-4-5-9-16-11/h1-9H,(H,17,20). The van der Waals surface area contributed by atoms with Crippen LogP contribution in [0.15, 0.2) is 59.8 Å². The number of halogens is 2. The third-order valence-electron chi connectivity index (χ3n) is 2.55. The van der Waals surface area contributed by atoms with Gasteiger partial charge in [-0.1, -0.05) is 36.5 Å². The predicted molar refractivity (Wildman–Crippen MR) is 79.0 cm³/mol. The lowest BCUT2D eigenvalue weighted by Gasteiger charge is -2.18. The Kier molecular flexibility index (Phi) is 4.29. The quantitative estimate of drug-likeness (QED) is 0.875. The maximum Gasteiger partial charge on any atom is 0.400 e. The van der Waals surface area contributed by atoms with Crippen LogP contribution in [-0.4, -0.2) is 23.6 Å². The van der Waals surface area contributed by atoms with Crippen molar-refractivity contribution in [2.45, 2.75) is 10.3 Å². The van der Waals surface area contributed by atoms with E-state index in [1.807, 2.05) is 0 Å². The van der Waals surface area contributed by atoms with Crippen LogP contribution in [0.2, 0.25) is 0 Å². The number of anilines is 1. The van der Waals surface area contributed by atoms with Crippen molar-refractivity contribution in [3.8, 4) is 0 Å². The topological polar surface area (TPSA) is 59.1 Å². The monoisotopic (exact) mass is 328 g/mol. The van der Waals surface area contributed by atoms with Crippen LogP contribution in [0.25, 0.3) is 0 Å². The molecule has 0 aliphatic rings. The van der Waals surface area contributed by atoms with E-state index >= 15 is 0 Å². The molecule has 21 heavy (non-hydrogen) atoms. The first-order valence-electron chi connectivity index (χ1n) is 5.75. The van der Waals surface area contributed by atoms with Crippen molar-refractivity contribution in [3.05, 3.63) is 54.7 Å². The van der Waals surface area contributed by atoms with Crippen LogP contribution in [-0.2, 0) is 9.84 Å². The number of sulfone groups is 1. The molecule has 0 atom stereocenters. The van der Waals surface area contributed by atoms with Gasteiger partial charge in [0.2, 0.25) is 0 Å². The fourth-order valence-electron chi connectivity index (χ4n) is 1.48. The van der Waals surface area contributed by atoms with Crippen molar-refractivity contribution in [3.63, 3.8) is 0 Å². The molecule has 0 aliphatic carbocycles. The molecule has 0 spiro atoms. The average Bonchev–Trinajstić information content (AvgIpc) is 2.49. The van der Waals surface area contributed by atoms with Gasteiger partial charge in [-0.3, -0.25) is 0 Å². The van der Waals surface area contributed by atoms with Crippen molar-refractivity contribution in [2.75, 3.05) is 5.32 Å². The van der Waals surface area contributed by atoms with E-state index in [0.29, 0.717) is 0 Å². The summed E-state index contributed by atoms with van der Waals surface area (Å²) in [6.45, 7) is 0. The highest BCUT2D eigenvalue weighted by Gasteiger charge is 2.51. The number of hydrogen-bond acceptors (Lipinski definition) is 4. The number of aromatic nitrogens is 1. The van der Waals surface area contributed by atoms with Crippen LogP contribution < -0.4 is 5.32 Å². The van der Waals surface area contributed by atoms with E-state index in [2.05, 4.69) is 22.5 Å². The maximum atomic E-state index is 14.1. The number of para-hydroxylation sites is 1. The van der Waals surface area contributed by atoms with Crippen LogP contribution in [0, 0.1) is 0 Å². The number of benzene rings is 1. The summed E-state index contributed by atoms with van der Waals surface area (Å²) in [5.41, 5.74) is 0.276. The summed E-state index contributed by atoms with van der Waals surface area (Å²) in [4.78, 5) is 2.35. The second-order valence-corrected chi connectivity index (χ2v) is 6.35. The van der Waals surface area contributed by atoms with Gasteiger partial charge < -0.3 is 5.32 Å². The van der Waals surface area contributed by atoms with Gasteiger partial charge in [-0.15, -0.1) is 0 Å². The molecular weight excluding hydrogens is 318 g/mol. The molecule has 0 bridgehead atoms. The fraction of sp³-hybridized carbons (Fsp3) is 0.0769. The molecule has 0 radical (unpaired) electrons. The van der Waals surface area contributed by atoms with E-state index in [-0.39, 0.29) is 5.69 Å². The second kappa shape index (κ2) is 5.82. The lowest BCUT2D eigenvalue weighted by atomic mass is 10.3. The molecule has 2 aromatic rings. The first-order chi connectivity index (χ1) is 9.85. The number of pyridine rings is 1. The van der Waals surface area contributed by atoms with Crippen molar-refractivity contribution < 1.29 is 17.2 Å². The SMILES string of the molecule is O=S(=O)(c1ccccn1)C(F)(F)C(=S)Nc1ccccc1. The molecule has 8 heteroatoms. The zero-order valence-corrected chi connectivity index (χ0v) is 12.2. The molecule has 0 aliphatic heterocycles. The van der Waals surface area contributed by atoms with Gasteiger partial charge in [0.1, 0.15) is 0 Å². The second-order valence-electron chi connectivity index (χ2n) is 4.01. The highest BCUT2D eigenvalue weighted by molar-refractivity contribution is 7.95. The zero-order chi connectivity index (χ0) is 15.5. The summed E-state index contributed by atoms with van der Waals surface area (Å²) in [5.74, 6) is 0. The van der Waals surface area contributed by atoms with Crippen LogP contribution in [0.5, 0.6) is 0 Å². The molecule has 1 heterocycles. The van der Waals surface area contributed by atoms with Gasteiger partial charge in [-0.25, -0.2) is 13.4 Å². The number of hydrogen-bond donors (Lipinski definition) is 1. The fourth-order valence-corrected chi connectivity index (χ4v) is 2.95. The molecular formula is C13H10F2N2O2S2. The highest BCUT2D eigenvalue weighted by Crippen LogP contribution is 2.30. The van der Waals surface area contributed by atoms with Crippen molar-refractivity contribution >= 4 is 32.7 Å². The van der Waals surface area contributed by atoms with E-state index in [4.69, 9.17) is 0 Å². The molecule has 0 amide bonds. The summed E-state index contributed by atoms with van der Waals surface area (Å²) in [6.07, 6.45) is 1.12. The Bertz CT molecular complexity index is 735. The molecule has 4 nitrogen and oxygen atoms in total. The molecule has 0 saturated carbocycles. The summed E-state index contributed by atoms with van der Waals surface area (Å²) in [5, 5.41) is -2.75. The Morgan fingerprint density at radius 3 is 2.29 bits per heavy atom. The van der Waals surface area contributed by atoms with Crippen molar-refractivity contribution in [1.29, 1.82) is 0 Å². The smallest absolute Gasteiger partial charge is 0.344 e. The van der Waals surface area contributed by atoms with E-state index in [1.54, 1.807) is 18.2 Å². The Morgan fingerprint density at radius 1 is 1.10 bits per heavy atom. The molecule has 110 valence electrons. The van der Waals surface area contributed by atoms with Gasteiger partial charge in [0.25, 0.3) is 9.84 Å². The summed E-state index contributed by atoms with van der Waals surface area (Å²) in [7, 11) is -5.01. The van der Waals surface area contributed by atoms with E-state index in [0.717, 1.165) is 12.3 Å². The van der Waals surface area contributed by atoms with Gasteiger partial charge in [-0.05, 0) is 24.3 Å². The first kappa shape index (κ1) is 15.5. The van der Waals surface area contributed by atoms with Gasteiger partial charge in [0.15, 0.2) is 10.0 Å². The molecule has 2 rings (SSSR count). The normalized spacial score (nSPS) is 11.9. The minimum absolute atomic E-state index is 0.276. The Balaban J connectivity index is 2.31. The Labute approximate surface area is 125 Å². The lowest BCUT2D eigenvalue weighted by molar-refractivity contribution is 0.171. The lowest BCUT2D eigenvalue weighted by Crippen LogP contribution is -2.41. The van der Waals surface area contributed by atoms with Gasteiger partial charge in [-0.2, -0.15) is 8.78 Å². The van der Waals surface area contributed by atoms with Gasteiger partial charge in [0.05, 0.1) is 0 Å². The van der Waals surface area contributed by atoms with Crippen LogP contribution in [0.4, 0.5) is 14.5 Å². The van der Waals surface area contributed by atoms with Crippen molar-refractivity contribution in [2.24, 2.45) is 0 Å². The van der Waals surface area contributed by atoms with E-state index < -0.39 is 25.1 Å². The Morgan fingerprint density at radius 2 is 1.71 bits per heavy atom. The third kappa shape index (κ3) is 3.06. The molecule has 1 N–H and O–H groups in total. The number of thiocarbonyl (C=S) groups is 1. The van der Waals surface area contributed by atoms with Gasteiger partial charge >= 0.3 is 5.25 Å². The number of rotatable bonds is 4. The van der Waals surface area contributed by atoms with Crippen LogP contribution >= 0.6 is 12.2 Å². The molecule has 0 unspecified atom stereocenters. The summed E-state index contributed by atoms with van der Waals surface area (Å²) >= 11 is 4.55. The Hall–Kier alpha value is -1.93. The first-order valence-corrected chi connectivity index (χ1v) is 7.65. The minimum Gasteiger partial charge on any atom is -0.344 e. The molecule has 0 fully saturated rings. The minimum atomic E-state index is -5.01. The molecule has 1 aromatic heterocycles. The van der Waals surface area contributed by atoms with E-state index in [9.17, 15) is 17.2 Å². The van der Waals surface area contributed by atoms with Crippen LogP contribution in [0.3, 0.4) is 0 Å². The average molecular weight is 328 g/mol. The van der Waals surface area contributed by atoms with Crippen LogP contribution in [0.1, 0.15) is 0 Å². The van der Waals surface area contributed by atoms with Gasteiger partial charge in [0, 0.05) is 11.9 Å². The number of alkyl halides is 2. The van der Waals surface area contributed by atoms with Crippen molar-refractivity contribution in [1.82, 2.24) is 4.98 Å². The summed E-state index contributed by atoms with van der Waals surface area (Å²) in [6, 6.07) is 11.6. The molecule has 1 aromatic carbocycles. The largest absolute Gasteiger partial charge is 0.400 e. The maximum absolute atomic E-state index is 14.1. The summed E-state index contributed by atoms with van der Waals surface area (Å²) < 4.78 is 52.2. The highest BCUT2D eigenvalue weighted by atomic mass is 32.2. The number of nitrogens with one attached hydrogen (secondary N) is 1.